The highest BCUT2D eigenvalue weighted by molar-refractivity contribution is 8.04. The largest absolute Gasteiger partial charge is 0.494 e. The van der Waals surface area contributed by atoms with Gasteiger partial charge in [-0.3, -0.25) is 14.5 Å². The number of hydrogen-bond donors (Lipinski definition) is 0. The lowest BCUT2D eigenvalue weighted by Gasteiger charge is -2.17. The van der Waals surface area contributed by atoms with Gasteiger partial charge in [0.2, 0.25) is 0 Å². The van der Waals surface area contributed by atoms with Crippen LogP contribution >= 0.6 is 23.4 Å². The molecule has 6 heteroatoms. The lowest BCUT2D eigenvalue weighted by molar-refractivity contribution is -0.137. The molecular weight excluding hydrogens is 394 g/mol. The van der Waals surface area contributed by atoms with Crippen LogP contribution in [0.25, 0.3) is 5.57 Å². The van der Waals surface area contributed by atoms with Crippen LogP contribution < -0.4 is 4.74 Å². The Morgan fingerprint density at radius 3 is 2.21 bits per heavy atom. The number of benzene rings is 2. The second-order valence-corrected chi connectivity index (χ2v) is 8.35. The van der Waals surface area contributed by atoms with Gasteiger partial charge in [0.05, 0.1) is 17.1 Å². The third-order valence-electron chi connectivity index (χ3n) is 4.16. The molecule has 0 bridgehead atoms. The lowest BCUT2D eigenvalue weighted by atomic mass is 10.1. The van der Waals surface area contributed by atoms with E-state index in [0.29, 0.717) is 34.2 Å². The molecule has 0 saturated heterocycles. The summed E-state index contributed by atoms with van der Waals surface area (Å²) in [6.45, 7) is 6.85. The molecule has 1 aliphatic rings. The van der Waals surface area contributed by atoms with Crippen molar-refractivity contribution >= 4 is 40.8 Å². The van der Waals surface area contributed by atoms with Crippen LogP contribution in [0.4, 0.5) is 0 Å². The number of halogens is 1. The Kier molecular flexibility index (Phi) is 6.47. The van der Waals surface area contributed by atoms with Crippen molar-refractivity contribution in [2.24, 2.45) is 5.92 Å². The fraction of sp³-hybridized carbons (Fsp3) is 0.273. The van der Waals surface area contributed by atoms with E-state index in [9.17, 15) is 9.59 Å². The molecule has 0 saturated carbocycles. The monoisotopic (exact) mass is 415 g/mol. The normalized spacial score (nSPS) is 14.4. The van der Waals surface area contributed by atoms with Crippen molar-refractivity contribution in [3.05, 3.63) is 64.0 Å². The van der Waals surface area contributed by atoms with Crippen molar-refractivity contribution in [1.29, 1.82) is 0 Å². The molecule has 1 heterocycles. The summed E-state index contributed by atoms with van der Waals surface area (Å²) in [7, 11) is 0. The SMILES string of the molecule is CCOc1ccc(C2=C(Sc3ccc(Cl)cc3)C(=O)N(CC(C)C)C2=O)cc1. The number of nitrogens with zero attached hydrogens (tertiary/aromatic N) is 1. The van der Waals surface area contributed by atoms with Crippen LogP contribution in [-0.2, 0) is 9.59 Å². The van der Waals surface area contributed by atoms with E-state index < -0.39 is 0 Å². The van der Waals surface area contributed by atoms with Gasteiger partial charge >= 0.3 is 0 Å². The van der Waals surface area contributed by atoms with Gasteiger partial charge in [-0.05, 0) is 54.8 Å². The standard InChI is InChI=1S/C22H22ClNO3S/c1-4-27-17-9-5-15(6-10-17)19-20(28-18-11-7-16(23)8-12-18)22(26)24(21(19)25)13-14(2)3/h5-12,14H,4,13H2,1-3H3. The Morgan fingerprint density at radius 2 is 1.64 bits per heavy atom. The summed E-state index contributed by atoms with van der Waals surface area (Å²) in [5.41, 5.74) is 1.15. The summed E-state index contributed by atoms with van der Waals surface area (Å²) in [6.07, 6.45) is 0. The highest BCUT2D eigenvalue weighted by Crippen LogP contribution is 2.40. The molecular formula is C22H22ClNO3S. The van der Waals surface area contributed by atoms with Crippen LogP contribution in [0, 0.1) is 5.92 Å². The van der Waals surface area contributed by atoms with E-state index in [4.69, 9.17) is 16.3 Å². The maximum Gasteiger partial charge on any atom is 0.268 e. The van der Waals surface area contributed by atoms with E-state index >= 15 is 0 Å². The first-order valence-corrected chi connectivity index (χ1v) is 10.4. The fourth-order valence-electron chi connectivity index (χ4n) is 2.94. The molecule has 0 radical (unpaired) electrons. The topological polar surface area (TPSA) is 46.6 Å². The molecule has 0 fully saturated rings. The minimum Gasteiger partial charge on any atom is -0.494 e. The van der Waals surface area contributed by atoms with Crippen LogP contribution in [0.2, 0.25) is 5.02 Å². The Hall–Kier alpha value is -2.24. The van der Waals surface area contributed by atoms with Gasteiger partial charge < -0.3 is 4.74 Å². The number of ether oxygens (including phenoxy) is 1. The van der Waals surface area contributed by atoms with E-state index in [2.05, 4.69) is 0 Å². The number of imide groups is 1. The lowest BCUT2D eigenvalue weighted by Crippen LogP contribution is -2.34. The van der Waals surface area contributed by atoms with E-state index in [1.165, 1.54) is 16.7 Å². The highest BCUT2D eigenvalue weighted by Gasteiger charge is 2.39. The third kappa shape index (κ3) is 4.42. The van der Waals surface area contributed by atoms with Crippen LogP contribution in [0.1, 0.15) is 26.3 Å². The Bertz CT molecular complexity index is 904. The van der Waals surface area contributed by atoms with Crippen LogP contribution in [0.15, 0.2) is 58.3 Å². The van der Waals surface area contributed by atoms with Gasteiger partial charge in [0.1, 0.15) is 5.75 Å². The van der Waals surface area contributed by atoms with Gasteiger partial charge in [-0.2, -0.15) is 0 Å². The van der Waals surface area contributed by atoms with Gasteiger partial charge in [-0.1, -0.05) is 49.3 Å². The predicted octanol–water partition coefficient (Wildman–Crippen LogP) is 5.27. The molecule has 1 aliphatic heterocycles. The Balaban J connectivity index is 2.01. The van der Waals surface area contributed by atoms with E-state index in [1.807, 2.05) is 57.2 Å². The number of thioether (sulfide) groups is 1. The highest BCUT2D eigenvalue weighted by atomic mass is 35.5. The molecule has 3 rings (SSSR count). The minimum absolute atomic E-state index is 0.189. The molecule has 0 aliphatic carbocycles. The molecule has 146 valence electrons. The van der Waals surface area contributed by atoms with Crippen molar-refractivity contribution in [3.8, 4) is 5.75 Å². The number of amides is 2. The van der Waals surface area contributed by atoms with Gasteiger partial charge in [-0.25, -0.2) is 0 Å². The number of hydrogen-bond acceptors (Lipinski definition) is 4. The van der Waals surface area contributed by atoms with Gasteiger partial charge in [0, 0.05) is 16.5 Å². The predicted molar refractivity (Wildman–Crippen MR) is 113 cm³/mol. The summed E-state index contributed by atoms with van der Waals surface area (Å²) in [6, 6.07) is 14.5. The van der Waals surface area contributed by atoms with Crippen molar-refractivity contribution < 1.29 is 14.3 Å². The Labute approximate surface area is 174 Å². The molecule has 2 aromatic rings. The molecule has 2 aromatic carbocycles. The summed E-state index contributed by atoms with van der Waals surface area (Å²) in [5, 5.41) is 0.625. The van der Waals surface area contributed by atoms with Crippen molar-refractivity contribution in [2.75, 3.05) is 13.2 Å². The number of rotatable bonds is 7. The summed E-state index contributed by atoms with van der Waals surface area (Å²) in [5.74, 6) is 0.422. The molecule has 4 nitrogen and oxygen atoms in total. The van der Waals surface area contributed by atoms with Crippen molar-refractivity contribution in [2.45, 2.75) is 25.7 Å². The smallest absolute Gasteiger partial charge is 0.268 e. The first kappa shape index (κ1) is 20.5. The first-order valence-electron chi connectivity index (χ1n) is 9.17. The molecule has 0 N–H and O–H groups in total. The number of carbonyl (C=O) groups is 2. The number of carbonyl (C=O) groups excluding carboxylic acids is 2. The van der Waals surface area contributed by atoms with E-state index in [0.717, 1.165) is 10.6 Å². The molecule has 2 amide bonds. The van der Waals surface area contributed by atoms with Crippen molar-refractivity contribution in [1.82, 2.24) is 4.90 Å². The van der Waals surface area contributed by atoms with Gasteiger partial charge in [0.25, 0.3) is 11.8 Å². The van der Waals surface area contributed by atoms with E-state index in [-0.39, 0.29) is 17.7 Å². The minimum atomic E-state index is -0.251. The average molecular weight is 416 g/mol. The summed E-state index contributed by atoms with van der Waals surface area (Å²) < 4.78 is 5.48. The second kappa shape index (κ2) is 8.84. The van der Waals surface area contributed by atoms with Gasteiger partial charge in [0.15, 0.2) is 0 Å². The summed E-state index contributed by atoms with van der Waals surface area (Å²) >= 11 is 7.26. The van der Waals surface area contributed by atoms with Crippen LogP contribution in [0.5, 0.6) is 5.75 Å². The van der Waals surface area contributed by atoms with Crippen molar-refractivity contribution in [3.63, 3.8) is 0 Å². The Morgan fingerprint density at radius 1 is 1.00 bits per heavy atom. The second-order valence-electron chi connectivity index (χ2n) is 6.83. The molecule has 0 spiro atoms. The van der Waals surface area contributed by atoms with Gasteiger partial charge in [-0.15, -0.1) is 0 Å². The third-order valence-corrected chi connectivity index (χ3v) is 5.50. The fourth-order valence-corrected chi connectivity index (χ4v) is 4.08. The average Bonchev–Trinajstić information content (AvgIpc) is 2.89. The van der Waals surface area contributed by atoms with Crippen LogP contribution in [0.3, 0.4) is 0 Å². The molecule has 0 unspecified atom stereocenters. The maximum atomic E-state index is 13.1. The zero-order chi connectivity index (χ0) is 20.3. The molecule has 28 heavy (non-hydrogen) atoms. The molecule has 0 aromatic heterocycles. The van der Waals surface area contributed by atoms with Crippen LogP contribution in [-0.4, -0.2) is 29.9 Å². The molecule has 0 atom stereocenters. The summed E-state index contributed by atoms with van der Waals surface area (Å²) in [4.78, 5) is 28.8. The first-order chi connectivity index (χ1) is 13.4. The zero-order valence-electron chi connectivity index (χ0n) is 16.1. The quantitative estimate of drug-likeness (QED) is 0.578. The van der Waals surface area contributed by atoms with E-state index in [1.54, 1.807) is 12.1 Å². The maximum absolute atomic E-state index is 13.1. The zero-order valence-corrected chi connectivity index (χ0v) is 17.6.